The Morgan fingerprint density at radius 1 is 1.23 bits per heavy atom. The Hall–Kier alpha value is -2.23. The number of hydrogen-bond acceptors (Lipinski definition) is 5. The van der Waals surface area contributed by atoms with Crippen LogP contribution in [0.15, 0.2) is 35.4 Å². The maximum absolute atomic E-state index is 13.2. The van der Waals surface area contributed by atoms with E-state index in [0.29, 0.717) is 17.0 Å². The van der Waals surface area contributed by atoms with E-state index in [9.17, 15) is 18.0 Å². The summed E-state index contributed by atoms with van der Waals surface area (Å²) < 4.78 is 45.9. The average Bonchev–Trinajstić information content (AvgIpc) is 3.14. The lowest BCUT2D eigenvalue weighted by molar-refractivity contribution is -0.137. The van der Waals surface area contributed by atoms with Gasteiger partial charge in [0.25, 0.3) is 5.56 Å². The highest BCUT2D eigenvalue weighted by molar-refractivity contribution is 7.18. The molecule has 3 heterocycles. The molecular weight excluding hydrogens is 427 g/mol. The number of aromatic nitrogens is 2. The quantitative estimate of drug-likeness (QED) is 0.612. The molecule has 31 heavy (non-hydrogen) atoms. The molecule has 1 aromatic carbocycles. The van der Waals surface area contributed by atoms with Crippen LogP contribution in [0.2, 0.25) is 0 Å². The minimum absolute atomic E-state index is 0.0622. The van der Waals surface area contributed by atoms with Crippen molar-refractivity contribution in [2.45, 2.75) is 38.0 Å². The van der Waals surface area contributed by atoms with Crippen molar-refractivity contribution in [3.8, 4) is 0 Å². The zero-order valence-electron chi connectivity index (χ0n) is 16.8. The van der Waals surface area contributed by atoms with Gasteiger partial charge in [-0.25, -0.2) is 4.98 Å². The van der Waals surface area contributed by atoms with Crippen LogP contribution in [0, 0.1) is 0 Å². The summed E-state index contributed by atoms with van der Waals surface area (Å²) in [6.45, 7) is 3.46. The highest BCUT2D eigenvalue weighted by atomic mass is 32.1. The van der Waals surface area contributed by atoms with Crippen molar-refractivity contribution in [1.82, 2.24) is 14.5 Å². The Labute approximate surface area is 181 Å². The van der Waals surface area contributed by atoms with Crippen molar-refractivity contribution >= 4 is 21.6 Å². The number of rotatable bonds is 3. The van der Waals surface area contributed by atoms with E-state index in [-0.39, 0.29) is 12.1 Å². The monoisotopic (exact) mass is 449 g/mol. The van der Waals surface area contributed by atoms with Crippen LogP contribution in [-0.2, 0) is 30.3 Å². The van der Waals surface area contributed by atoms with Gasteiger partial charge >= 0.3 is 6.18 Å². The van der Waals surface area contributed by atoms with Gasteiger partial charge in [0.05, 0.1) is 37.0 Å². The number of halogens is 3. The molecule has 1 aliphatic carbocycles. The maximum Gasteiger partial charge on any atom is 0.416 e. The molecule has 1 aliphatic heterocycles. The molecule has 5 rings (SSSR count). The lowest BCUT2D eigenvalue weighted by Crippen LogP contribution is -2.45. The molecule has 9 heteroatoms. The van der Waals surface area contributed by atoms with Gasteiger partial charge in [-0.15, -0.1) is 11.3 Å². The van der Waals surface area contributed by atoms with E-state index in [4.69, 9.17) is 4.74 Å². The number of aryl methyl sites for hydroxylation is 1. The van der Waals surface area contributed by atoms with Crippen molar-refractivity contribution in [1.29, 1.82) is 0 Å². The first-order chi connectivity index (χ1) is 14.9. The Kier molecular flexibility index (Phi) is 5.35. The molecule has 3 aromatic rings. The van der Waals surface area contributed by atoms with Crippen LogP contribution in [0.25, 0.3) is 10.2 Å². The van der Waals surface area contributed by atoms with Crippen LogP contribution in [0.4, 0.5) is 13.2 Å². The second kappa shape index (κ2) is 8.03. The van der Waals surface area contributed by atoms with Crippen molar-refractivity contribution in [2.24, 2.45) is 0 Å². The normalized spacial score (nSPS) is 20.2. The Morgan fingerprint density at radius 3 is 2.81 bits per heavy atom. The maximum atomic E-state index is 13.2. The summed E-state index contributed by atoms with van der Waals surface area (Å²) in [7, 11) is 0. The first-order valence-electron chi connectivity index (χ1n) is 10.4. The minimum atomic E-state index is -4.41. The zero-order chi connectivity index (χ0) is 21.6. The molecule has 2 aromatic heterocycles. The molecule has 1 saturated heterocycles. The SMILES string of the molecule is O=c1c2c3c(sc2ncn1Cc1cccc(C(F)(F)F)c1)C[C@H](N1CCOCC1)CC3. The molecule has 0 radical (unpaired) electrons. The van der Waals surface area contributed by atoms with Gasteiger partial charge in [-0.1, -0.05) is 12.1 Å². The number of hydrogen-bond donors (Lipinski definition) is 0. The van der Waals surface area contributed by atoms with Crippen LogP contribution >= 0.6 is 11.3 Å². The molecule has 0 bridgehead atoms. The van der Waals surface area contributed by atoms with Gasteiger partial charge < -0.3 is 4.74 Å². The highest BCUT2D eigenvalue weighted by Gasteiger charge is 2.31. The Balaban J connectivity index is 1.44. The summed E-state index contributed by atoms with van der Waals surface area (Å²) in [5.74, 6) is 0. The van der Waals surface area contributed by atoms with Crippen LogP contribution in [-0.4, -0.2) is 46.8 Å². The molecule has 1 atom stereocenters. The van der Waals surface area contributed by atoms with Crippen molar-refractivity contribution < 1.29 is 17.9 Å². The number of morpholine rings is 1. The van der Waals surface area contributed by atoms with Crippen LogP contribution < -0.4 is 5.56 Å². The Morgan fingerprint density at radius 2 is 2.03 bits per heavy atom. The summed E-state index contributed by atoms with van der Waals surface area (Å²) in [6.07, 6.45) is -0.245. The predicted octanol–water partition coefficient (Wildman–Crippen LogP) is 3.71. The largest absolute Gasteiger partial charge is 0.416 e. The van der Waals surface area contributed by atoms with Gasteiger partial charge in [-0.3, -0.25) is 14.3 Å². The van der Waals surface area contributed by atoms with Crippen LogP contribution in [0.3, 0.4) is 0 Å². The number of benzene rings is 1. The van der Waals surface area contributed by atoms with Gasteiger partial charge in [-0.05, 0) is 42.5 Å². The molecule has 0 N–H and O–H groups in total. The first kappa shape index (κ1) is 20.7. The zero-order valence-corrected chi connectivity index (χ0v) is 17.6. The molecule has 0 saturated carbocycles. The third kappa shape index (κ3) is 4.02. The third-order valence-corrected chi connectivity index (χ3v) is 7.34. The van der Waals surface area contributed by atoms with Gasteiger partial charge in [0.1, 0.15) is 4.83 Å². The Bertz CT molecular complexity index is 1160. The van der Waals surface area contributed by atoms with Crippen LogP contribution in [0.1, 0.15) is 28.0 Å². The highest BCUT2D eigenvalue weighted by Crippen LogP contribution is 2.35. The molecular formula is C22H22F3N3O2S. The fourth-order valence-corrected chi connectivity index (χ4v) is 5.84. The van der Waals surface area contributed by atoms with Crippen molar-refractivity contribution in [3.05, 3.63) is 62.5 Å². The number of ether oxygens (including phenoxy) is 1. The summed E-state index contributed by atoms with van der Waals surface area (Å²) in [4.78, 5) is 22.1. The second-order valence-corrected chi connectivity index (χ2v) is 9.19. The smallest absolute Gasteiger partial charge is 0.379 e. The van der Waals surface area contributed by atoms with E-state index in [0.717, 1.165) is 68.1 Å². The summed E-state index contributed by atoms with van der Waals surface area (Å²) in [5.41, 5.74) is 0.605. The molecule has 0 spiro atoms. The van der Waals surface area contributed by atoms with E-state index in [1.807, 2.05) is 0 Å². The minimum Gasteiger partial charge on any atom is -0.379 e. The van der Waals surface area contributed by atoms with Gasteiger partial charge in [0.2, 0.25) is 0 Å². The first-order valence-corrected chi connectivity index (χ1v) is 11.2. The van der Waals surface area contributed by atoms with Crippen molar-refractivity contribution in [3.63, 3.8) is 0 Å². The van der Waals surface area contributed by atoms with Gasteiger partial charge in [0, 0.05) is 24.0 Å². The fourth-order valence-electron chi connectivity index (χ4n) is 4.59. The summed E-state index contributed by atoms with van der Waals surface area (Å²) in [6, 6.07) is 5.55. The summed E-state index contributed by atoms with van der Waals surface area (Å²) in [5, 5.41) is 0.634. The molecule has 164 valence electrons. The molecule has 5 nitrogen and oxygen atoms in total. The molecule has 2 aliphatic rings. The summed E-state index contributed by atoms with van der Waals surface area (Å²) >= 11 is 1.57. The van der Waals surface area contributed by atoms with E-state index in [1.54, 1.807) is 17.4 Å². The standard InChI is InChI=1S/C22H22F3N3O2S/c23-22(24,25)15-3-1-2-14(10-15)12-28-13-26-20-19(21(28)29)17-5-4-16(11-18(17)31-20)27-6-8-30-9-7-27/h1-3,10,13,16H,4-9,11-12H2/t16-/m1/s1. The number of thiophene rings is 1. The molecule has 0 amide bonds. The average molecular weight is 449 g/mol. The van der Waals surface area contributed by atoms with E-state index < -0.39 is 11.7 Å². The molecule has 1 fully saturated rings. The second-order valence-electron chi connectivity index (χ2n) is 8.10. The molecule has 0 unspecified atom stereocenters. The topological polar surface area (TPSA) is 47.4 Å². The lowest BCUT2D eigenvalue weighted by atomic mass is 9.92. The number of nitrogens with zero attached hydrogens (tertiary/aromatic N) is 3. The van der Waals surface area contributed by atoms with Gasteiger partial charge in [-0.2, -0.15) is 13.2 Å². The van der Waals surface area contributed by atoms with Crippen LogP contribution in [0.5, 0.6) is 0 Å². The predicted molar refractivity (Wildman–Crippen MR) is 113 cm³/mol. The fraction of sp³-hybridized carbons (Fsp3) is 0.455. The lowest BCUT2D eigenvalue weighted by Gasteiger charge is -2.36. The number of alkyl halides is 3. The van der Waals surface area contributed by atoms with Crippen molar-refractivity contribution in [2.75, 3.05) is 26.3 Å². The van der Waals surface area contributed by atoms with Gasteiger partial charge in [0.15, 0.2) is 0 Å². The van der Waals surface area contributed by atoms with E-state index in [1.165, 1.54) is 21.8 Å². The third-order valence-electron chi connectivity index (χ3n) is 6.18. The van der Waals surface area contributed by atoms with E-state index >= 15 is 0 Å². The van der Waals surface area contributed by atoms with E-state index in [2.05, 4.69) is 9.88 Å². The number of fused-ring (bicyclic) bond motifs is 3.